The summed E-state index contributed by atoms with van der Waals surface area (Å²) in [5.41, 5.74) is 1.97. The summed E-state index contributed by atoms with van der Waals surface area (Å²) in [6, 6.07) is 9.79. The molecule has 25 heavy (non-hydrogen) atoms. The molecule has 1 fully saturated rings. The molecule has 1 aromatic heterocycles. The molecule has 1 aliphatic rings. The number of hydrogen-bond donors (Lipinski definition) is 1. The van der Waals surface area contributed by atoms with E-state index in [1.165, 1.54) is 0 Å². The number of nitrogens with zero attached hydrogens (tertiary/aromatic N) is 3. The van der Waals surface area contributed by atoms with Gasteiger partial charge in [-0.3, -0.25) is 9.59 Å². The number of morpholine rings is 1. The van der Waals surface area contributed by atoms with Gasteiger partial charge < -0.3 is 14.7 Å². The zero-order valence-electron chi connectivity index (χ0n) is 13.9. The van der Waals surface area contributed by atoms with E-state index < -0.39 is 12.1 Å². The van der Waals surface area contributed by atoms with Crippen molar-refractivity contribution in [3.63, 3.8) is 0 Å². The third kappa shape index (κ3) is 4.67. The van der Waals surface area contributed by atoms with Crippen molar-refractivity contribution in [1.29, 1.82) is 0 Å². The lowest BCUT2D eigenvalue weighted by Gasteiger charge is -2.32. The number of carboxylic acids is 1. The van der Waals surface area contributed by atoms with Gasteiger partial charge in [0.1, 0.15) is 0 Å². The molecule has 2 aromatic rings. The van der Waals surface area contributed by atoms with E-state index in [-0.39, 0.29) is 12.3 Å². The van der Waals surface area contributed by atoms with Crippen LogP contribution in [0.1, 0.15) is 18.4 Å². The molecule has 7 heteroatoms. The highest BCUT2D eigenvalue weighted by Crippen LogP contribution is 2.13. The molecule has 1 atom stereocenters. The number of amides is 1. The summed E-state index contributed by atoms with van der Waals surface area (Å²) in [6.07, 6.45) is 4.18. The van der Waals surface area contributed by atoms with Crippen molar-refractivity contribution in [3.8, 4) is 5.69 Å². The van der Waals surface area contributed by atoms with Crippen LogP contribution in [0.15, 0.2) is 42.7 Å². The smallest absolute Gasteiger partial charge is 0.306 e. The lowest BCUT2D eigenvalue weighted by Crippen LogP contribution is -2.46. The summed E-state index contributed by atoms with van der Waals surface area (Å²) in [5, 5.41) is 13.2. The first-order chi connectivity index (χ1) is 12.1. The Kier molecular flexibility index (Phi) is 5.45. The first kappa shape index (κ1) is 17.2. The molecule has 1 aromatic carbocycles. The minimum Gasteiger partial charge on any atom is -0.481 e. The largest absolute Gasteiger partial charge is 0.481 e. The van der Waals surface area contributed by atoms with Crippen molar-refractivity contribution in [2.24, 2.45) is 0 Å². The lowest BCUT2D eigenvalue weighted by molar-refractivity contribution is -0.147. The molecule has 1 aliphatic heterocycles. The van der Waals surface area contributed by atoms with Crippen molar-refractivity contribution in [2.75, 3.05) is 19.7 Å². The summed E-state index contributed by atoms with van der Waals surface area (Å²) >= 11 is 0. The first-order valence-corrected chi connectivity index (χ1v) is 8.32. The summed E-state index contributed by atoms with van der Waals surface area (Å²) in [4.78, 5) is 24.8. The van der Waals surface area contributed by atoms with Crippen molar-refractivity contribution in [3.05, 3.63) is 48.3 Å². The highest BCUT2D eigenvalue weighted by Gasteiger charge is 2.25. The third-order valence-corrected chi connectivity index (χ3v) is 4.18. The van der Waals surface area contributed by atoms with Crippen LogP contribution >= 0.6 is 0 Å². The van der Waals surface area contributed by atoms with E-state index >= 15 is 0 Å². The van der Waals surface area contributed by atoms with Gasteiger partial charge in [-0.25, -0.2) is 4.68 Å². The average Bonchev–Trinajstić information content (AvgIpc) is 3.09. The molecule has 3 rings (SSSR count). The van der Waals surface area contributed by atoms with E-state index in [1.54, 1.807) is 15.8 Å². The predicted octanol–water partition coefficient (Wildman–Crippen LogP) is 1.51. The van der Waals surface area contributed by atoms with Crippen LogP contribution in [0.2, 0.25) is 0 Å². The van der Waals surface area contributed by atoms with E-state index in [0.717, 1.165) is 11.3 Å². The number of benzene rings is 1. The number of aliphatic carboxylic acids is 1. The molecule has 132 valence electrons. The van der Waals surface area contributed by atoms with E-state index in [0.29, 0.717) is 32.5 Å². The van der Waals surface area contributed by atoms with Gasteiger partial charge in [0.05, 0.1) is 31.0 Å². The van der Waals surface area contributed by atoms with Crippen molar-refractivity contribution in [2.45, 2.75) is 25.4 Å². The summed E-state index contributed by atoms with van der Waals surface area (Å²) in [6.45, 7) is 1.24. The summed E-state index contributed by atoms with van der Waals surface area (Å²) in [7, 11) is 0. The van der Waals surface area contributed by atoms with E-state index in [9.17, 15) is 9.59 Å². The molecule has 1 saturated heterocycles. The van der Waals surface area contributed by atoms with Crippen molar-refractivity contribution < 1.29 is 19.4 Å². The Labute approximate surface area is 145 Å². The van der Waals surface area contributed by atoms with Crippen LogP contribution in [-0.4, -0.2) is 57.5 Å². The molecule has 0 radical (unpaired) electrons. The maximum atomic E-state index is 12.4. The Morgan fingerprint density at radius 2 is 2.08 bits per heavy atom. The molecule has 0 saturated carbocycles. The summed E-state index contributed by atoms with van der Waals surface area (Å²) in [5.74, 6) is -0.890. The second-order valence-electron chi connectivity index (χ2n) is 6.06. The molecular weight excluding hydrogens is 322 g/mol. The normalized spacial score (nSPS) is 17.4. The van der Waals surface area contributed by atoms with Gasteiger partial charge in [-0.15, -0.1) is 0 Å². The van der Waals surface area contributed by atoms with Crippen molar-refractivity contribution in [1.82, 2.24) is 14.7 Å². The molecule has 1 N–H and O–H groups in total. The molecule has 0 bridgehead atoms. The average molecular weight is 343 g/mol. The molecule has 7 nitrogen and oxygen atoms in total. The monoisotopic (exact) mass is 343 g/mol. The van der Waals surface area contributed by atoms with Gasteiger partial charge in [0.2, 0.25) is 5.91 Å². The fourth-order valence-electron chi connectivity index (χ4n) is 2.88. The zero-order chi connectivity index (χ0) is 17.6. The lowest BCUT2D eigenvalue weighted by atomic mass is 10.1. The Balaban J connectivity index is 1.52. The first-order valence-electron chi connectivity index (χ1n) is 8.32. The number of ether oxygens (including phenoxy) is 1. The molecule has 1 amide bonds. The van der Waals surface area contributed by atoms with Gasteiger partial charge in [-0.1, -0.05) is 18.2 Å². The minimum atomic E-state index is -0.910. The van der Waals surface area contributed by atoms with Crippen LogP contribution in [0.4, 0.5) is 0 Å². The Morgan fingerprint density at radius 3 is 2.84 bits per heavy atom. The van der Waals surface area contributed by atoms with Crippen LogP contribution in [0.3, 0.4) is 0 Å². The Bertz CT molecular complexity index is 729. The van der Waals surface area contributed by atoms with Crippen LogP contribution in [0.5, 0.6) is 0 Å². The highest BCUT2D eigenvalue weighted by molar-refractivity contribution is 5.76. The number of hydrogen-bond acceptors (Lipinski definition) is 4. The Morgan fingerprint density at radius 1 is 1.28 bits per heavy atom. The number of carbonyl (C=O) groups excluding carboxylic acids is 1. The molecule has 0 unspecified atom stereocenters. The van der Waals surface area contributed by atoms with Gasteiger partial charge in [0.25, 0.3) is 0 Å². The van der Waals surface area contributed by atoms with E-state index in [1.807, 2.05) is 36.5 Å². The van der Waals surface area contributed by atoms with Crippen molar-refractivity contribution >= 4 is 11.9 Å². The van der Waals surface area contributed by atoms with Crippen LogP contribution in [0.25, 0.3) is 5.69 Å². The third-order valence-electron chi connectivity index (χ3n) is 4.18. The van der Waals surface area contributed by atoms with Gasteiger partial charge in [-0.2, -0.15) is 5.10 Å². The molecular formula is C18H21N3O4. The fourth-order valence-corrected chi connectivity index (χ4v) is 2.88. The Hall–Kier alpha value is -2.67. The number of rotatable bonds is 6. The second-order valence-corrected chi connectivity index (χ2v) is 6.06. The number of aryl methyl sites for hydroxylation is 1. The second kappa shape index (κ2) is 7.94. The van der Waals surface area contributed by atoms with Gasteiger partial charge >= 0.3 is 5.97 Å². The van der Waals surface area contributed by atoms with Crippen LogP contribution in [-0.2, 0) is 20.7 Å². The standard InChI is InChI=1S/C18H21N3O4/c22-17(20-8-9-25-16(13-20)10-18(23)24)7-6-14-11-19-21(12-14)15-4-2-1-3-5-15/h1-5,11-12,16H,6-10,13H2,(H,23,24)/t16-/m1/s1. The van der Waals surface area contributed by atoms with Gasteiger partial charge in [0, 0.05) is 25.7 Å². The van der Waals surface area contributed by atoms with Gasteiger partial charge in [0.15, 0.2) is 0 Å². The maximum Gasteiger partial charge on any atom is 0.306 e. The van der Waals surface area contributed by atoms with E-state index in [4.69, 9.17) is 9.84 Å². The fraction of sp³-hybridized carbons (Fsp3) is 0.389. The number of para-hydroxylation sites is 1. The molecule has 0 spiro atoms. The topological polar surface area (TPSA) is 84.7 Å². The number of aromatic nitrogens is 2. The molecule has 2 heterocycles. The van der Waals surface area contributed by atoms with Crippen LogP contribution < -0.4 is 0 Å². The SMILES string of the molecule is O=C(O)C[C@@H]1CN(C(=O)CCc2cnn(-c3ccccc3)c2)CCO1. The number of carboxylic acid groups (broad SMARTS) is 1. The molecule has 0 aliphatic carbocycles. The minimum absolute atomic E-state index is 0.0196. The van der Waals surface area contributed by atoms with Gasteiger partial charge in [-0.05, 0) is 24.1 Å². The predicted molar refractivity (Wildman–Crippen MR) is 90.5 cm³/mol. The quantitative estimate of drug-likeness (QED) is 0.859. The summed E-state index contributed by atoms with van der Waals surface area (Å²) < 4.78 is 7.19. The highest BCUT2D eigenvalue weighted by atomic mass is 16.5. The van der Waals surface area contributed by atoms with Crippen LogP contribution in [0, 0.1) is 0 Å². The maximum absolute atomic E-state index is 12.4. The van der Waals surface area contributed by atoms with E-state index in [2.05, 4.69) is 5.10 Å². The zero-order valence-corrected chi connectivity index (χ0v) is 13.9. The number of carbonyl (C=O) groups is 2.